The fraction of sp³-hybridized carbons (Fsp3) is 0.0667. The summed E-state index contributed by atoms with van der Waals surface area (Å²) in [5.41, 5.74) is 6.89. The molecule has 118 valence electrons. The van der Waals surface area contributed by atoms with E-state index in [0.717, 1.165) is 9.13 Å². The molecule has 8 heteroatoms. The van der Waals surface area contributed by atoms with Crippen LogP contribution in [0.15, 0.2) is 42.7 Å². The number of hydrogen-bond acceptors (Lipinski definition) is 4. The molecule has 6 nitrogen and oxygen atoms in total. The van der Waals surface area contributed by atoms with E-state index in [9.17, 15) is 9.59 Å². The largest absolute Gasteiger partial charge is 0.298 e. The van der Waals surface area contributed by atoms with Crippen LogP contribution in [0.2, 0.25) is 0 Å². The van der Waals surface area contributed by atoms with Gasteiger partial charge in [-0.15, -0.1) is 0 Å². The number of nitrogens with one attached hydrogen (secondary N) is 3. The molecule has 0 bridgehead atoms. The lowest BCUT2D eigenvalue weighted by atomic mass is 10.1. The van der Waals surface area contributed by atoms with E-state index in [1.165, 1.54) is 12.4 Å². The molecule has 1 aromatic heterocycles. The van der Waals surface area contributed by atoms with Gasteiger partial charge in [0.15, 0.2) is 5.11 Å². The number of benzene rings is 1. The van der Waals surface area contributed by atoms with Crippen LogP contribution in [0.4, 0.5) is 0 Å². The van der Waals surface area contributed by atoms with Crippen LogP contribution in [-0.2, 0) is 0 Å². The molecule has 0 aliphatic heterocycles. The summed E-state index contributed by atoms with van der Waals surface area (Å²) < 4.78 is 0.986. The van der Waals surface area contributed by atoms with Crippen LogP contribution in [-0.4, -0.2) is 21.9 Å². The average molecular weight is 440 g/mol. The van der Waals surface area contributed by atoms with Gasteiger partial charge >= 0.3 is 0 Å². The van der Waals surface area contributed by atoms with Crippen LogP contribution in [0.5, 0.6) is 0 Å². The lowest BCUT2D eigenvalue weighted by Gasteiger charge is -2.11. The van der Waals surface area contributed by atoms with Crippen molar-refractivity contribution in [3.8, 4) is 0 Å². The normalized spacial score (nSPS) is 9.83. The molecule has 0 aliphatic carbocycles. The van der Waals surface area contributed by atoms with Gasteiger partial charge in [0.25, 0.3) is 11.8 Å². The number of halogens is 1. The summed E-state index contributed by atoms with van der Waals surface area (Å²) >= 11 is 7.14. The number of aryl methyl sites for hydroxylation is 1. The molecule has 1 heterocycles. The second kappa shape index (κ2) is 7.97. The summed E-state index contributed by atoms with van der Waals surface area (Å²) in [6.07, 6.45) is 3.02. The molecule has 0 radical (unpaired) electrons. The number of carbonyl (C=O) groups excluding carboxylic acids is 2. The first-order valence-corrected chi connectivity index (χ1v) is 8.04. The number of nitrogens with zero attached hydrogens (tertiary/aromatic N) is 1. The Morgan fingerprint density at radius 3 is 2.39 bits per heavy atom. The van der Waals surface area contributed by atoms with E-state index in [2.05, 4.69) is 43.7 Å². The number of rotatable bonds is 2. The second-order valence-corrected chi connectivity index (χ2v) is 6.13. The van der Waals surface area contributed by atoms with Gasteiger partial charge in [-0.1, -0.05) is 6.07 Å². The third-order valence-corrected chi connectivity index (χ3v) is 4.26. The fourth-order valence-corrected chi connectivity index (χ4v) is 2.29. The van der Waals surface area contributed by atoms with Crippen molar-refractivity contribution < 1.29 is 9.59 Å². The molecular formula is C15H13IN4O2S. The van der Waals surface area contributed by atoms with Gasteiger partial charge in [0.05, 0.1) is 0 Å². The third kappa shape index (κ3) is 4.96. The first kappa shape index (κ1) is 17.3. The van der Waals surface area contributed by atoms with Crippen molar-refractivity contribution in [3.05, 3.63) is 63.0 Å². The minimum atomic E-state index is -0.381. The van der Waals surface area contributed by atoms with Crippen molar-refractivity contribution in [2.75, 3.05) is 0 Å². The van der Waals surface area contributed by atoms with Gasteiger partial charge in [0.2, 0.25) is 0 Å². The predicted octanol–water partition coefficient (Wildman–Crippen LogP) is 1.94. The first-order valence-electron chi connectivity index (χ1n) is 6.55. The van der Waals surface area contributed by atoms with Crippen LogP contribution < -0.4 is 16.2 Å². The molecule has 0 aliphatic rings. The molecule has 23 heavy (non-hydrogen) atoms. The SMILES string of the molecule is Cc1ccc(C(=O)NC(=S)NNC(=O)c2ccncc2)cc1I. The molecular weight excluding hydrogens is 427 g/mol. The van der Waals surface area contributed by atoms with Gasteiger partial charge in [0.1, 0.15) is 0 Å². The molecule has 2 aromatic rings. The van der Waals surface area contributed by atoms with Crippen LogP contribution in [0.1, 0.15) is 26.3 Å². The Kier molecular flexibility index (Phi) is 5.99. The van der Waals surface area contributed by atoms with E-state index in [4.69, 9.17) is 12.2 Å². The van der Waals surface area contributed by atoms with Gasteiger partial charge in [0, 0.05) is 27.1 Å². The maximum atomic E-state index is 12.1. The summed E-state index contributed by atoms with van der Waals surface area (Å²) in [4.78, 5) is 27.7. The Labute approximate surface area is 152 Å². The van der Waals surface area contributed by atoms with Crippen LogP contribution in [0, 0.1) is 10.5 Å². The highest BCUT2D eigenvalue weighted by atomic mass is 127. The van der Waals surface area contributed by atoms with Crippen molar-refractivity contribution in [1.82, 2.24) is 21.2 Å². The standard InChI is InChI=1S/C15H13IN4O2S/c1-9-2-3-11(8-12(9)16)13(21)18-15(23)20-19-14(22)10-4-6-17-7-5-10/h2-8H,1H3,(H,19,22)(H2,18,20,21,23). The Morgan fingerprint density at radius 1 is 1.04 bits per heavy atom. The lowest BCUT2D eigenvalue weighted by Crippen LogP contribution is -2.48. The molecule has 2 amide bonds. The molecule has 2 rings (SSSR count). The maximum absolute atomic E-state index is 12.1. The Balaban J connectivity index is 1.88. The summed E-state index contributed by atoms with van der Waals surface area (Å²) in [6.45, 7) is 1.96. The minimum absolute atomic E-state index is 0.00740. The zero-order valence-corrected chi connectivity index (χ0v) is 15.1. The Morgan fingerprint density at radius 2 is 1.74 bits per heavy atom. The molecule has 0 fully saturated rings. The topological polar surface area (TPSA) is 83.1 Å². The number of hydrogen-bond donors (Lipinski definition) is 3. The highest BCUT2D eigenvalue weighted by molar-refractivity contribution is 14.1. The van der Waals surface area contributed by atoms with Gasteiger partial charge < -0.3 is 0 Å². The molecule has 0 spiro atoms. The summed E-state index contributed by atoms with van der Waals surface area (Å²) in [5, 5.41) is 2.51. The predicted molar refractivity (Wildman–Crippen MR) is 98.8 cm³/mol. The number of pyridine rings is 1. The molecule has 3 N–H and O–H groups in total. The van der Waals surface area contributed by atoms with Gasteiger partial charge in [-0.2, -0.15) is 0 Å². The van der Waals surface area contributed by atoms with Gasteiger partial charge in [-0.3, -0.25) is 30.7 Å². The Hall–Kier alpha value is -2.07. The van der Waals surface area contributed by atoms with Crippen molar-refractivity contribution in [1.29, 1.82) is 0 Å². The van der Waals surface area contributed by atoms with Crippen LogP contribution >= 0.6 is 34.8 Å². The van der Waals surface area contributed by atoms with Crippen molar-refractivity contribution in [3.63, 3.8) is 0 Å². The Bertz CT molecular complexity index is 752. The summed E-state index contributed by atoms with van der Waals surface area (Å²) in [7, 11) is 0. The average Bonchev–Trinajstić information content (AvgIpc) is 2.55. The molecule has 0 unspecified atom stereocenters. The van der Waals surface area contributed by atoms with Gasteiger partial charge in [-0.05, 0) is 71.6 Å². The number of hydrazine groups is 1. The highest BCUT2D eigenvalue weighted by Crippen LogP contribution is 2.13. The lowest BCUT2D eigenvalue weighted by molar-refractivity contribution is 0.0934. The van der Waals surface area contributed by atoms with Crippen LogP contribution in [0.25, 0.3) is 0 Å². The van der Waals surface area contributed by atoms with E-state index in [-0.39, 0.29) is 16.9 Å². The van der Waals surface area contributed by atoms with Crippen molar-refractivity contribution >= 4 is 51.7 Å². The number of carbonyl (C=O) groups is 2. The zero-order chi connectivity index (χ0) is 16.8. The second-order valence-electron chi connectivity index (χ2n) is 4.56. The smallest absolute Gasteiger partial charge is 0.269 e. The van der Waals surface area contributed by atoms with E-state index < -0.39 is 0 Å². The summed E-state index contributed by atoms with van der Waals surface area (Å²) in [5.74, 6) is -0.729. The van der Waals surface area contributed by atoms with Gasteiger partial charge in [-0.25, -0.2) is 0 Å². The molecule has 1 aromatic carbocycles. The highest BCUT2D eigenvalue weighted by Gasteiger charge is 2.10. The number of thiocarbonyl (C=S) groups is 1. The molecule has 0 saturated carbocycles. The molecule has 0 atom stereocenters. The summed E-state index contributed by atoms with van der Waals surface area (Å²) in [6, 6.07) is 8.46. The quantitative estimate of drug-likeness (QED) is 0.378. The van der Waals surface area contributed by atoms with E-state index in [1.54, 1.807) is 24.3 Å². The number of amides is 2. The zero-order valence-electron chi connectivity index (χ0n) is 12.1. The van der Waals surface area contributed by atoms with E-state index in [1.807, 2.05) is 13.0 Å². The molecule has 0 saturated heterocycles. The van der Waals surface area contributed by atoms with Crippen molar-refractivity contribution in [2.24, 2.45) is 0 Å². The van der Waals surface area contributed by atoms with E-state index in [0.29, 0.717) is 11.1 Å². The van der Waals surface area contributed by atoms with Crippen molar-refractivity contribution in [2.45, 2.75) is 6.92 Å². The maximum Gasteiger partial charge on any atom is 0.269 e. The first-order chi connectivity index (χ1) is 11.0. The van der Waals surface area contributed by atoms with Crippen LogP contribution in [0.3, 0.4) is 0 Å². The number of aromatic nitrogens is 1. The third-order valence-electron chi connectivity index (χ3n) is 2.89. The fourth-order valence-electron chi connectivity index (χ4n) is 1.63. The minimum Gasteiger partial charge on any atom is -0.298 e. The van der Waals surface area contributed by atoms with E-state index >= 15 is 0 Å². The monoisotopic (exact) mass is 440 g/mol.